The summed E-state index contributed by atoms with van der Waals surface area (Å²) in [6.45, 7) is 8.72. The van der Waals surface area contributed by atoms with Crippen LogP contribution < -0.4 is 11.1 Å². The molecule has 0 aliphatic heterocycles. The molecule has 2 atom stereocenters. The molecule has 2 unspecified atom stereocenters. The van der Waals surface area contributed by atoms with Crippen LogP contribution in [0.2, 0.25) is 0 Å². The lowest BCUT2D eigenvalue weighted by molar-refractivity contribution is 0.534. The molecule has 2 nitrogen and oxygen atoms in total. The van der Waals surface area contributed by atoms with Crippen LogP contribution >= 0.6 is 0 Å². The molecular formula is C13H20N2. The lowest BCUT2D eigenvalue weighted by Crippen LogP contribution is -2.32. The molecule has 15 heavy (non-hydrogen) atoms. The second-order valence-electron chi connectivity index (χ2n) is 3.98. The SMILES string of the molecule is C=Cc1ccc(C(C)NCC(C)N)cc1. The molecule has 0 saturated heterocycles. The number of nitrogens with two attached hydrogens (primary N) is 1. The number of benzene rings is 1. The molecule has 0 fully saturated rings. The summed E-state index contributed by atoms with van der Waals surface area (Å²) in [6, 6.07) is 8.93. The largest absolute Gasteiger partial charge is 0.327 e. The molecular weight excluding hydrogens is 184 g/mol. The van der Waals surface area contributed by atoms with E-state index in [1.54, 1.807) is 0 Å². The van der Waals surface area contributed by atoms with Crippen LogP contribution in [0, 0.1) is 0 Å². The molecule has 1 aromatic rings. The Morgan fingerprint density at radius 1 is 1.33 bits per heavy atom. The fourth-order valence-electron chi connectivity index (χ4n) is 1.40. The van der Waals surface area contributed by atoms with Gasteiger partial charge in [-0.25, -0.2) is 0 Å². The molecule has 0 saturated carbocycles. The molecule has 0 bridgehead atoms. The zero-order valence-corrected chi connectivity index (χ0v) is 9.53. The Balaban J connectivity index is 2.57. The Labute approximate surface area is 92.2 Å². The minimum Gasteiger partial charge on any atom is -0.327 e. The van der Waals surface area contributed by atoms with Crippen LogP contribution in [0.3, 0.4) is 0 Å². The van der Waals surface area contributed by atoms with E-state index < -0.39 is 0 Å². The summed E-state index contributed by atoms with van der Waals surface area (Å²) in [6.07, 6.45) is 1.85. The maximum absolute atomic E-state index is 5.69. The zero-order chi connectivity index (χ0) is 11.3. The van der Waals surface area contributed by atoms with Crippen molar-refractivity contribution in [3.05, 3.63) is 42.0 Å². The van der Waals surface area contributed by atoms with E-state index in [-0.39, 0.29) is 6.04 Å². The number of hydrogen-bond acceptors (Lipinski definition) is 2. The van der Waals surface area contributed by atoms with Gasteiger partial charge in [-0.05, 0) is 25.0 Å². The van der Waals surface area contributed by atoms with Crippen molar-refractivity contribution in [3.8, 4) is 0 Å². The van der Waals surface area contributed by atoms with Gasteiger partial charge >= 0.3 is 0 Å². The van der Waals surface area contributed by atoms with Gasteiger partial charge in [-0.2, -0.15) is 0 Å². The van der Waals surface area contributed by atoms with Crippen molar-refractivity contribution in [2.45, 2.75) is 25.9 Å². The first-order valence-electron chi connectivity index (χ1n) is 5.35. The maximum Gasteiger partial charge on any atom is 0.0292 e. The van der Waals surface area contributed by atoms with Gasteiger partial charge in [0, 0.05) is 18.6 Å². The molecule has 0 aromatic heterocycles. The summed E-state index contributed by atoms with van der Waals surface area (Å²) in [4.78, 5) is 0. The average molecular weight is 204 g/mol. The van der Waals surface area contributed by atoms with Crippen molar-refractivity contribution in [2.75, 3.05) is 6.54 Å². The van der Waals surface area contributed by atoms with Crippen molar-refractivity contribution in [2.24, 2.45) is 5.73 Å². The Hall–Kier alpha value is -1.12. The van der Waals surface area contributed by atoms with Gasteiger partial charge < -0.3 is 11.1 Å². The van der Waals surface area contributed by atoms with Crippen LogP contribution in [-0.2, 0) is 0 Å². The van der Waals surface area contributed by atoms with Crippen LogP contribution in [0.1, 0.15) is 31.0 Å². The minimum absolute atomic E-state index is 0.194. The Morgan fingerprint density at radius 3 is 2.40 bits per heavy atom. The second kappa shape index (κ2) is 5.69. The summed E-state index contributed by atoms with van der Waals surface area (Å²) < 4.78 is 0. The zero-order valence-electron chi connectivity index (χ0n) is 9.53. The van der Waals surface area contributed by atoms with E-state index in [1.165, 1.54) is 5.56 Å². The van der Waals surface area contributed by atoms with Gasteiger partial charge in [-0.3, -0.25) is 0 Å². The highest BCUT2D eigenvalue weighted by Crippen LogP contribution is 2.13. The molecule has 0 amide bonds. The number of hydrogen-bond donors (Lipinski definition) is 2. The highest BCUT2D eigenvalue weighted by Gasteiger charge is 2.04. The van der Waals surface area contributed by atoms with E-state index in [0.29, 0.717) is 6.04 Å². The van der Waals surface area contributed by atoms with Gasteiger partial charge in [0.05, 0.1) is 0 Å². The molecule has 0 spiro atoms. The van der Waals surface area contributed by atoms with E-state index >= 15 is 0 Å². The maximum atomic E-state index is 5.69. The molecule has 0 heterocycles. The summed E-state index contributed by atoms with van der Waals surface area (Å²) in [5, 5.41) is 3.38. The number of rotatable bonds is 5. The third-order valence-electron chi connectivity index (χ3n) is 2.42. The van der Waals surface area contributed by atoms with Crippen LogP contribution in [0.25, 0.3) is 6.08 Å². The minimum atomic E-state index is 0.194. The van der Waals surface area contributed by atoms with E-state index in [2.05, 4.69) is 43.1 Å². The summed E-state index contributed by atoms with van der Waals surface area (Å²) in [7, 11) is 0. The molecule has 1 aromatic carbocycles. The second-order valence-corrected chi connectivity index (χ2v) is 3.98. The van der Waals surface area contributed by atoms with Gasteiger partial charge in [0.1, 0.15) is 0 Å². The summed E-state index contributed by atoms with van der Waals surface area (Å²) >= 11 is 0. The summed E-state index contributed by atoms with van der Waals surface area (Å²) in [5.41, 5.74) is 8.12. The number of nitrogens with one attached hydrogen (secondary N) is 1. The standard InChI is InChI=1S/C13H20N2/c1-4-12-5-7-13(8-6-12)11(3)15-9-10(2)14/h4-8,10-11,15H,1,9,14H2,2-3H3. The first-order valence-corrected chi connectivity index (χ1v) is 5.35. The van der Waals surface area contributed by atoms with Gasteiger partial charge in [0.2, 0.25) is 0 Å². The first-order chi connectivity index (χ1) is 7.13. The topological polar surface area (TPSA) is 38.0 Å². The van der Waals surface area contributed by atoms with Gasteiger partial charge in [0.15, 0.2) is 0 Å². The Morgan fingerprint density at radius 2 is 1.93 bits per heavy atom. The fraction of sp³-hybridized carbons (Fsp3) is 0.385. The van der Waals surface area contributed by atoms with Crippen molar-refractivity contribution in [1.29, 1.82) is 0 Å². The third-order valence-corrected chi connectivity index (χ3v) is 2.42. The lowest BCUT2D eigenvalue weighted by Gasteiger charge is -2.16. The molecule has 0 radical (unpaired) electrons. The van der Waals surface area contributed by atoms with Crippen molar-refractivity contribution in [1.82, 2.24) is 5.32 Å². The highest BCUT2D eigenvalue weighted by molar-refractivity contribution is 5.47. The quantitative estimate of drug-likeness (QED) is 0.772. The van der Waals surface area contributed by atoms with Crippen LogP contribution in [0.4, 0.5) is 0 Å². The smallest absolute Gasteiger partial charge is 0.0292 e. The summed E-state index contributed by atoms with van der Waals surface area (Å²) in [5.74, 6) is 0. The van der Waals surface area contributed by atoms with E-state index in [1.807, 2.05) is 13.0 Å². The molecule has 0 aliphatic rings. The van der Waals surface area contributed by atoms with Gasteiger partial charge in [-0.15, -0.1) is 0 Å². The fourth-order valence-corrected chi connectivity index (χ4v) is 1.40. The molecule has 3 N–H and O–H groups in total. The van der Waals surface area contributed by atoms with Crippen molar-refractivity contribution < 1.29 is 0 Å². The van der Waals surface area contributed by atoms with E-state index in [9.17, 15) is 0 Å². The monoisotopic (exact) mass is 204 g/mol. The molecule has 2 heteroatoms. The highest BCUT2D eigenvalue weighted by atomic mass is 14.9. The lowest BCUT2D eigenvalue weighted by atomic mass is 10.1. The van der Waals surface area contributed by atoms with E-state index in [0.717, 1.165) is 12.1 Å². The molecule has 1 rings (SSSR count). The van der Waals surface area contributed by atoms with Crippen molar-refractivity contribution >= 4 is 6.08 Å². The van der Waals surface area contributed by atoms with Crippen LogP contribution in [0.5, 0.6) is 0 Å². The van der Waals surface area contributed by atoms with Crippen LogP contribution in [-0.4, -0.2) is 12.6 Å². The predicted molar refractivity (Wildman–Crippen MR) is 66.6 cm³/mol. The first kappa shape index (κ1) is 12.0. The van der Waals surface area contributed by atoms with Crippen LogP contribution in [0.15, 0.2) is 30.8 Å². The van der Waals surface area contributed by atoms with Crippen molar-refractivity contribution in [3.63, 3.8) is 0 Å². The average Bonchev–Trinajstić information content (AvgIpc) is 2.26. The Bertz CT molecular complexity index is 301. The van der Waals surface area contributed by atoms with E-state index in [4.69, 9.17) is 5.73 Å². The molecule has 82 valence electrons. The normalized spacial score (nSPS) is 14.6. The Kier molecular flexibility index (Phi) is 4.53. The molecule has 0 aliphatic carbocycles. The predicted octanol–water partition coefficient (Wildman–Crippen LogP) is 2.33. The third kappa shape index (κ3) is 3.86. The van der Waals surface area contributed by atoms with Gasteiger partial charge in [-0.1, -0.05) is 36.9 Å². The van der Waals surface area contributed by atoms with Gasteiger partial charge in [0.25, 0.3) is 0 Å².